The van der Waals surface area contributed by atoms with Crippen LogP contribution in [0.4, 0.5) is 5.69 Å². The molecule has 0 radical (unpaired) electrons. The number of rotatable bonds is 6. The molecule has 0 spiro atoms. The molecule has 0 saturated carbocycles. The lowest BCUT2D eigenvalue weighted by Gasteiger charge is -2.04. The van der Waals surface area contributed by atoms with Crippen molar-refractivity contribution in [3.63, 3.8) is 0 Å². The van der Waals surface area contributed by atoms with Crippen molar-refractivity contribution in [2.75, 3.05) is 6.61 Å². The molecule has 1 unspecified atom stereocenters. The molecule has 124 valence electrons. The molecular formula is C19H19NO3S. The van der Waals surface area contributed by atoms with Gasteiger partial charge < -0.3 is 9.84 Å². The standard InChI is InChI=1S/C19H19NO3S/c1-2-3-12-23-15-10-8-14(9-11-15)20-13-18-19(21)16-6-4-5-7-17(16)24(18)22/h4-11,13,21H,2-3,12H2,1H3. The maximum Gasteiger partial charge on any atom is 0.142 e. The van der Waals surface area contributed by atoms with E-state index in [0.717, 1.165) is 18.6 Å². The predicted molar refractivity (Wildman–Crippen MR) is 97.4 cm³/mol. The maximum atomic E-state index is 12.4. The van der Waals surface area contributed by atoms with E-state index in [1.165, 1.54) is 6.21 Å². The van der Waals surface area contributed by atoms with E-state index in [1.54, 1.807) is 18.2 Å². The van der Waals surface area contributed by atoms with Gasteiger partial charge in [-0.2, -0.15) is 0 Å². The molecule has 0 amide bonds. The third-order valence-electron chi connectivity index (χ3n) is 3.71. The van der Waals surface area contributed by atoms with E-state index in [9.17, 15) is 9.32 Å². The van der Waals surface area contributed by atoms with Crippen molar-refractivity contribution in [1.82, 2.24) is 0 Å². The van der Waals surface area contributed by atoms with E-state index in [1.807, 2.05) is 30.3 Å². The van der Waals surface area contributed by atoms with E-state index < -0.39 is 10.8 Å². The number of aliphatic hydroxyl groups excluding tert-OH is 1. The normalized spacial score (nSPS) is 16.6. The maximum absolute atomic E-state index is 12.4. The number of allylic oxidation sites excluding steroid dienone is 1. The number of fused-ring (bicyclic) bond motifs is 1. The molecule has 2 aromatic rings. The van der Waals surface area contributed by atoms with Crippen molar-refractivity contribution in [2.24, 2.45) is 4.99 Å². The minimum absolute atomic E-state index is 0.0344. The Morgan fingerprint density at radius 2 is 1.92 bits per heavy atom. The van der Waals surface area contributed by atoms with Crippen LogP contribution in [-0.4, -0.2) is 22.1 Å². The number of hydrogen-bond acceptors (Lipinski definition) is 4. The summed E-state index contributed by atoms with van der Waals surface area (Å²) in [5, 5.41) is 10.2. The fourth-order valence-corrected chi connectivity index (χ4v) is 3.61. The van der Waals surface area contributed by atoms with Crippen molar-refractivity contribution in [2.45, 2.75) is 24.7 Å². The molecular weight excluding hydrogens is 322 g/mol. The molecule has 5 heteroatoms. The van der Waals surface area contributed by atoms with E-state index in [0.29, 0.717) is 27.7 Å². The minimum Gasteiger partial charge on any atom is -0.506 e. The monoisotopic (exact) mass is 341 g/mol. The first kappa shape index (κ1) is 16.5. The van der Waals surface area contributed by atoms with Crippen LogP contribution in [0.25, 0.3) is 5.76 Å². The second-order valence-corrected chi connectivity index (χ2v) is 6.85. The lowest BCUT2D eigenvalue weighted by Crippen LogP contribution is -1.95. The second-order valence-electron chi connectivity index (χ2n) is 5.43. The molecule has 1 atom stereocenters. The SMILES string of the molecule is CCCCOc1ccc(N=CC2=C(O)c3ccccc3S2=O)cc1. The average molecular weight is 341 g/mol. The van der Waals surface area contributed by atoms with Crippen LogP contribution in [0.1, 0.15) is 25.3 Å². The van der Waals surface area contributed by atoms with Crippen molar-refractivity contribution in [3.05, 3.63) is 59.0 Å². The van der Waals surface area contributed by atoms with Gasteiger partial charge in [0.1, 0.15) is 16.4 Å². The second kappa shape index (κ2) is 7.45. The largest absolute Gasteiger partial charge is 0.506 e. The molecule has 0 bridgehead atoms. The summed E-state index contributed by atoms with van der Waals surface area (Å²) < 4.78 is 18.0. The smallest absolute Gasteiger partial charge is 0.142 e. The Labute approximate surface area is 144 Å². The summed E-state index contributed by atoms with van der Waals surface area (Å²) in [6.45, 7) is 2.83. The first-order chi connectivity index (χ1) is 11.7. The number of ether oxygens (including phenoxy) is 1. The average Bonchev–Trinajstić information content (AvgIpc) is 2.86. The number of nitrogens with zero attached hydrogens (tertiary/aromatic N) is 1. The Hall–Kier alpha value is -2.40. The van der Waals surface area contributed by atoms with E-state index in [-0.39, 0.29) is 5.76 Å². The zero-order valence-electron chi connectivity index (χ0n) is 13.4. The molecule has 1 aliphatic rings. The van der Waals surface area contributed by atoms with Crippen LogP contribution in [0.15, 0.2) is 63.3 Å². The summed E-state index contributed by atoms with van der Waals surface area (Å²) in [4.78, 5) is 5.27. The summed E-state index contributed by atoms with van der Waals surface area (Å²) >= 11 is 0. The van der Waals surface area contributed by atoms with Crippen LogP contribution in [0.2, 0.25) is 0 Å². The molecule has 1 aliphatic heterocycles. The van der Waals surface area contributed by atoms with Crippen molar-refractivity contribution in [3.8, 4) is 5.75 Å². The zero-order chi connectivity index (χ0) is 16.9. The fraction of sp³-hybridized carbons (Fsp3) is 0.211. The molecule has 0 fully saturated rings. The van der Waals surface area contributed by atoms with Gasteiger partial charge in [-0.05, 0) is 42.8 Å². The lowest BCUT2D eigenvalue weighted by molar-refractivity contribution is 0.309. The third kappa shape index (κ3) is 3.41. The van der Waals surface area contributed by atoms with Crippen molar-refractivity contribution in [1.29, 1.82) is 0 Å². The number of hydrogen-bond donors (Lipinski definition) is 1. The molecule has 0 saturated heterocycles. The highest BCUT2D eigenvalue weighted by Crippen LogP contribution is 2.34. The number of aliphatic imine (C=N–C) groups is 1. The highest BCUT2D eigenvalue weighted by Gasteiger charge is 2.26. The first-order valence-electron chi connectivity index (χ1n) is 7.92. The Morgan fingerprint density at radius 1 is 1.17 bits per heavy atom. The van der Waals surface area contributed by atoms with E-state index in [4.69, 9.17) is 4.74 Å². The van der Waals surface area contributed by atoms with E-state index in [2.05, 4.69) is 11.9 Å². The van der Waals surface area contributed by atoms with Gasteiger partial charge >= 0.3 is 0 Å². The first-order valence-corrected chi connectivity index (χ1v) is 9.07. The molecule has 1 heterocycles. The molecule has 0 aromatic heterocycles. The van der Waals surface area contributed by atoms with Gasteiger partial charge in [-0.1, -0.05) is 25.5 Å². The Morgan fingerprint density at radius 3 is 2.62 bits per heavy atom. The summed E-state index contributed by atoms with van der Waals surface area (Å²) in [5.41, 5.74) is 1.32. The summed E-state index contributed by atoms with van der Waals surface area (Å²) in [6.07, 6.45) is 3.60. The number of unbranched alkanes of at least 4 members (excludes halogenated alkanes) is 1. The summed E-state index contributed by atoms with van der Waals surface area (Å²) in [6, 6.07) is 14.5. The Kier molecular flexibility index (Phi) is 5.11. The zero-order valence-corrected chi connectivity index (χ0v) is 14.3. The Balaban J connectivity index is 1.73. The summed E-state index contributed by atoms with van der Waals surface area (Å²) in [7, 11) is -1.39. The topological polar surface area (TPSA) is 58.9 Å². The molecule has 0 aliphatic carbocycles. The van der Waals surface area contributed by atoms with Gasteiger partial charge in [0.25, 0.3) is 0 Å². The highest BCUT2D eigenvalue weighted by atomic mass is 32.2. The molecule has 3 rings (SSSR count). The van der Waals surface area contributed by atoms with Gasteiger partial charge in [0, 0.05) is 11.8 Å². The van der Waals surface area contributed by atoms with Gasteiger partial charge in [0.05, 0.1) is 28.0 Å². The predicted octanol–water partition coefficient (Wildman–Crippen LogP) is 4.62. The van der Waals surface area contributed by atoms with Gasteiger partial charge in [-0.15, -0.1) is 0 Å². The van der Waals surface area contributed by atoms with Gasteiger partial charge in [-0.25, -0.2) is 4.21 Å². The lowest BCUT2D eigenvalue weighted by atomic mass is 10.2. The van der Waals surface area contributed by atoms with Crippen molar-refractivity contribution >= 4 is 28.5 Å². The Bertz CT molecular complexity index is 810. The van der Waals surface area contributed by atoms with Crippen LogP contribution in [-0.2, 0) is 10.8 Å². The van der Waals surface area contributed by atoms with Crippen LogP contribution in [0.3, 0.4) is 0 Å². The molecule has 2 aromatic carbocycles. The highest BCUT2D eigenvalue weighted by molar-refractivity contribution is 7.90. The quantitative estimate of drug-likeness (QED) is 0.616. The van der Waals surface area contributed by atoms with Gasteiger partial charge in [0.2, 0.25) is 0 Å². The van der Waals surface area contributed by atoms with Gasteiger partial charge in [-0.3, -0.25) is 4.99 Å². The summed E-state index contributed by atoms with van der Waals surface area (Å²) in [5.74, 6) is 0.841. The third-order valence-corrected chi connectivity index (χ3v) is 5.16. The molecule has 24 heavy (non-hydrogen) atoms. The minimum atomic E-state index is -1.39. The molecule has 4 nitrogen and oxygen atoms in total. The number of aliphatic hydroxyl groups is 1. The van der Waals surface area contributed by atoms with Crippen LogP contribution in [0, 0.1) is 0 Å². The van der Waals surface area contributed by atoms with Crippen molar-refractivity contribution < 1.29 is 14.1 Å². The van der Waals surface area contributed by atoms with Crippen LogP contribution in [0.5, 0.6) is 5.75 Å². The molecule has 1 N–H and O–H groups in total. The van der Waals surface area contributed by atoms with Gasteiger partial charge in [0.15, 0.2) is 0 Å². The van der Waals surface area contributed by atoms with Crippen LogP contribution < -0.4 is 4.74 Å². The number of benzene rings is 2. The van der Waals surface area contributed by atoms with Crippen LogP contribution >= 0.6 is 0 Å². The van der Waals surface area contributed by atoms with E-state index >= 15 is 0 Å². The fourth-order valence-electron chi connectivity index (χ4n) is 2.37.